The van der Waals surface area contributed by atoms with Gasteiger partial charge in [-0.2, -0.15) is 0 Å². The number of carbonyl (C=O) groups is 1. The van der Waals surface area contributed by atoms with Gasteiger partial charge < -0.3 is 9.84 Å². The van der Waals surface area contributed by atoms with Gasteiger partial charge in [0.05, 0.1) is 12.0 Å². The van der Waals surface area contributed by atoms with Gasteiger partial charge in [0, 0.05) is 5.92 Å². The molecule has 0 bridgehead atoms. The fourth-order valence-corrected chi connectivity index (χ4v) is 1.27. The maximum Gasteiger partial charge on any atom is 0.311 e. The third-order valence-electron chi connectivity index (χ3n) is 2.47. The summed E-state index contributed by atoms with van der Waals surface area (Å²) in [6, 6.07) is 0. The highest BCUT2D eigenvalue weighted by Crippen LogP contribution is 2.25. The Morgan fingerprint density at radius 2 is 1.91 bits per heavy atom. The van der Waals surface area contributed by atoms with Gasteiger partial charge in [-0.3, -0.25) is 4.79 Å². The molecule has 0 aromatic heterocycles. The fraction of sp³-hybridized carbons (Fsp3) is 0.875. The van der Waals surface area contributed by atoms with Crippen LogP contribution in [-0.2, 0) is 9.53 Å². The van der Waals surface area contributed by atoms with Crippen molar-refractivity contribution in [2.45, 2.75) is 33.0 Å². The van der Waals surface area contributed by atoms with E-state index < -0.39 is 6.10 Å². The molecule has 0 aliphatic carbocycles. The van der Waals surface area contributed by atoms with Crippen molar-refractivity contribution in [1.82, 2.24) is 0 Å². The van der Waals surface area contributed by atoms with Crippen LogP contribution in [0.3, 0.4) is 0 Å². The van der Waals surface area contributed by atoms with Crippen LogP contribution in [0.15, 0.2) is 0 Å². The highest BCUT2D eigenvalue weighted by molar-refractivity contribution is 5.73. The van der Waals surface area contributed by atoms with Crippen molar-refractivity contribution in [3.05, 3.63) is 0 Å². The molecule has 1 saturated heterocycles. The van der Waals surface area contributed by atoms with Crippen LogP contribution in [0.2, 0.25) is 0 Å². The molecule has 1 rings (SSSR count). The topological polar surface area (TPSA) is 46.5 Å². The Morgan fingerprint density at radius 3 is 2.45 bits per heavy atom. The molecule has 1 N–H and O–H groups in total. The zero-order valence-corrected chi connectivity index (χ0v) is 7.07. The number of ether oxygens (including phenoxy) is 1. The normalized spacial score (nSPS) is 45.3. The number of hydrogen-bond acceptors (Lipinski definition) is 3. The van der Waals surface area contributed by atoms with E-state index in [1.165, 1.54) is 0 Å². The average molecular weight is 158 g/mol. The summed E-state index contributed by atoms with van der Waals surface area (Å²) in [5, 5.41) is 9.49. The summed E-state index contributed by atoms with van der Waals surface area (Å²) in [6.07, 6.45) is -0.708. The van der Waals surface area contributed by atoms with E-state index in [4.69, 9.17) is 4.74 Å². The molecule has 64 valence electrons. The first-order valence-corrected chi connectivity index (χ1v) is 3.92. The van der Waals surface area contributed by atoms with E-state index >= 15 is 0 Å². The molecule has 0 saturated carbocycles. The van der Waals surface area contributed by atoms with Crippen LogP contribution in [0.5, 0.6) is 0 Å². The quantitative estimate of drug-likeness (QED) is 0.524. The second-order valence-electron chi connectivity index (χ2n) is 3.28. The first-order valence-electron chi connectivity index (χ1n) is 3.92. The predicted octanol–water partition coefficient (Wildman–Crippen LogP) is 0.565. The largest absolute Gasteiger partial charge is 0.462 e. The Labute approximate surface area is 66.4 Å². The van der Waals surface area contributed by atoms with E-state index in [1.807, 2.05) is 6.92 Å². The minimum Gasteiger partial charge on any atom is -0.462 e. The lowest BCUT2D eigenvalue weighted by Crippen LogP contribution is -2.45. The number of aliphatic hydroxyl groups excluding tert-OH is 1. The van der Waals surface area contributed by atoms with E-state index in [0.29, 0.717) is 0 Å². The number of cyclic esters (lactones) is 1. The Bertz CT molecular complexity index is 167. The van der Waals surface area contributed by atoms with Crippen molar-refractivity contribution in [2.24, 2.45) is 11.8 Å². The van der Waals surface area contributed by atoms with Gasteiger partial charge in [0.25, 0.3) is 0 Å². The zero-order valence-electron chi connectivity index (χ0n) is 7.07. The van der Waals surface area contributed by atoms with Crippen LogP contribution in [0.1, 0.15) is 20.8 Å². The summed E-state index contributed by atoms with van der Waals surface area (Å²) in [7, 11) is 0. The molecule has 0 unspecified atom stereocenters. The molecule has 1 aliphatic heterocycles. The summed E-state index contributed by atoms with van der Waals surface area (Å²) in [6.45, 7) is 5.38. The minimum atomic E-state index is -0.550. The van der Waals surface area contributed by atoms with Gasteiger partial charge in [-0.25, -0.2) is 0 Å². The molecule has 0 radical (unpaired) electrons. The zero-order chi connectivity index (χ0) is 8.59. The molecule has 1 heterocycles. The molecule has 0 aromatic carbocycles. The second kappa shape index (κ2) is 2.81. The van der Waals surface area contributed by atoms with Gasteiger partial charge in [-0.15, -0.1) is 0 Å². The summed E-state index contributed by atoms with van der Waals surface area (Å²) in [4.78, 5) is 11.0. The van der Waals surface area contributed by atoms with Gasteiger partial charge in [0.1, 0.15) is 6.10 Å². The van der Waals surface area contributed by atoms with Crippen molar-refractivity contribution < 1.29 is 14.6 Å². The van der Waals surface area contributed by atoms with E-state index in [0.717, 1.165) is 0 Å². The number of hydrogen-bond donors (Lipinski definition) is 1. The molecule has 1 fully saturated rings. The van der Waals surface area contributed by atoms with Crippen molar-refractivity contribution in [3.63, 3.8) is 0 Å². The van der Waals surface area contributed by atoms with Gasteiger partial charge in [0.15, 0.2) is 0 Å². The van der Waals surface area contributed by atoms with Gasteiger partial charge in [-0.05, 0) is 13.8 Å². The van der Waals surface area contributed by atoms with E-state index in [-0.39, 0.29) is 23.9 Å². The second-order valence-corrected chi connectivity index (χ2v) is 3.28. The third-order valence-corrected chi connectivity index (χ3v) is 2.47. The first kappa shape index (κ1) is 8.53. The Kier molecular flexibility index (Phi) is 2.18. The van der Waals surface area contributed by atoms with E-state index in [1.54, 1.807) is 13.8 Å². The van der Waals surface area contributed by atoms with Crippen molar-refractivity contribution in [2.75, 3.05) is 0 Å². The predicted molar refractivity (Wildman–Crippen MR) is 39.9 cm³/mol. The summed E-state index contributed by atoms with van der Waals surface area (Å²) in [5.41, 5.74) is 0. The standard InChI is InChI=1S/C8H14O3/c1-4-6(3)11-8(10)5(2)7(4)9/h4-7,9H,1-3H3/t4-,5+,6-,7-/m1/s1. The monoisotopic (exact) mass is 158 g/mol. The molecule has 0 amide bonds. The highest BCUT2D eigenvalue weighted by Gasteiger charge is 2.37. The molecule has 3 nitrogen and oxygen atoms in total. The van der Waals surface area contributed by atoms with Crippen LogP contribution in [0, 0.1) is 11.8 Å². The van der Waals surface area contributed by atoms with Crippen LogP contribution >= 0.6 is 0 Å². The van der Waals surface area contributed by atoms with Crippen molar-refractivity contribution >= 4 is 5.97 Å². The van der Waals surface area contributed by atoms with Crippen molar-refractivity contribution in [3.8, 4) is 0 Å². The minimum absolute atomic E-state index is 0.0442. The number of carbonyl (C=O) groups excluding carboxylic acids is 1. The average Bonchev–Trinajstić information content (AvgIpc) is 1.97. The molecular weight excluding hydrogens is 144 g/mol. The van der Waals surface area contributed by atoms with Gasteiger partial charge >= 0.3 is 5.97 Å². The van der Waals surface area contributed by atoms with Gasteiger partial charge in [-0.1, -0.05) is 6.92 Å². The SMILES string of the molecule is C[C@H]1[C@@H](O)[C@H](C)C(=O)O[C@@H]1C. The molecule has 3 heteroatoms. The summed E-state index contributed by atoms with van der Waals surface area (Å²) in [5.74, 6) is -0.619. The Balaban J connectivity index is 2.70. The van der Waals surface area contributed by atoms with Gasteiger partial charge in [0.2, 0.25) is 0 Å². The summed E-state index contributed by atoms with van der Waals surface area (Å²) < 4.78 is 4.98. The molecule has 4 atom stereocenters. The number of aliphatic hydroxyl groups is 1. The Morgan fingerprint density at radius 1 is 1.36 bits per heavy atom. The number of esters is 1. The molecular formula is C8H14O3. The maximum absolute atomic E-state index is 11.0. The lowest BCUT2D eigenvalue weighted by atomic mass is 9.87. The highest BCUT2D eigenvalue weighted by atomic mass is 16.5. The smallest absolute Gasteiger partial charge is 0.311 e. The van der Waals surface area contributed by atoms with E-state index in [2.05, 4.69) is 0 Å². The molecule has 0 spiro atoms. The Hall–Kier alpha value is -0.570. The number of rotatable bonds is 0. The van der Waals surface area contributed by atoms with Crippen molar-refractivity contribution in [1.29, 1.82) is 0 Å². The van der Waals surface area contributed by atoms with Crippen LogP contribution in [0.25, 0.3) is 0 Å². The molecule has 0 aromatic rings. The molecule has 11 heavy (non-hydrogen) atoms. The van der Waals surface area contributed by atoms with Crippen LogP contribution < -0.4 is 0 Å². The first-order chi connectivity index (χ1) is 5.04. The lowest BCUT2D eigenvalue weighted by Gasteiger charge is -2.34. The maximum atomic E-state index is 11.0. The van der Waals surface area contributed by atoms with Crippen LogP contribution in [-0.4, -0.2) is 23.3 Å². The van der Waals surface area contributed by atoms with E-state index in [9.17, 15) is 9.90 Å². The van der Waals surface area contributed by atoms with Crippen LogP contribution in [0.4, 0.5) is 0 Å². The molecule has 1 aliphatic rings. The summed E-state index contributed by atoms with van der Waals surface area (Å²) >= 11 is 0. The fourth-order valence-electron chi connectivity index (χ4n) is 1.27. The third kappa shape index (κ3) is 1.38. The lowest BCUT2D eigenvalue weighted by molar-refractivity contribution is -0.175.